The molecule has 0 spiro atoms. The third kappa shape index (κ3) is 6.91. The lowest BCUT2D eigenvalue weighted by Gasteiger charge is -2.21. The Labute approximate surface area is 129 Å². The molecule has 0 aliphatic carbocycles. The van der Waals surface area contributed by atoms with E-state index in [0.717, 1.165) is 0 Å². The minimum Gasteiger partial charge on any atom is -0.383 e. The van der Waals surface area contributed by atoms with Crippen LogP contribution < -0.4 is 11.1 Å². The molecule has 1 aromatic heterocycles. The molecule has 1 rings (SSSR count). The van der Waals surface area contributed by atoms with E-state index in [0.29, 0.717) is 25.7 Å². The quantitative estimate of drug-likeness (QED) is 0.444. The molecular weight excluding hydrogens is 328 g/mol. The van der Waals surface area contributed by atoms with E-state index in [-0.39, 0.29) is 23.0 Å². The molecule has 1 aromatic rings. The van der Waals surface area contributed by atoms with Gasteiger partial charge in [-0.3, -0.25) is 4.99 Å². The van der Waals surface area contributed by atoms with E-state index < -0.39 is 0 Å². The van der Waals surface area contributed by atoms with Gasteiger partial charge in [0.25, 0.3) is 0 Å². The molecule has 0 amide bonds. The zero-order valence-corrected chi connectivity index (χ0v) is 14.2. The molecule has 1 heterocycles. The molecular formula is C12H23BrN4OS. The second-order valence-corrected chi connectivity index (χ2v) is 5.12. The van der Waals surface area contributed by atoms with Crippen LogP contribution in [0.1, 0.15) is 10.9 Å². The molecule has 0 saturated heterocycles. The summed E-state index contributed by atoms with van der Waals surface area (Å²) in [5.74, 6) is 0.468. The summed E-state index contributed by atoms with van der Waals surface area (Å²) >= 11 is 1.74. The number of hydrogen-bond donors (Lipinski definition) is 2. The highest BCUT2D eigenvalue weighted by molar-refractivity contribution is 8.93. The van der Waals surface area contributed by atoms with Gasteiger partial charge in [0.15, 0.2) is 5.96 Å². The van der Waals surface area contributed by atoms with Crippen molar-refractivity contribution in [1.82, 2.24) is 10.2 Å². The van der Waals surface area contributed by atoms with Gasteiger partial charge in [0.05, 0.1) is 19.2 Å². The molecule has 0 aliphatic heterocycles. The number of nitrogens with one attached hydrogen (secondary N) is 1. The number of nitrogens with two attached hydrogens (primary N) is 1. The van der Waals surface area contributed by atoms with Gasteiger partial charge in [-0.1, -0.05) is 6.07 Å². The summed E-state index contributed by atoms with van der Waals surface area (Å²) in [6.07, 6.45) is 0. The van der Waals surface area contributed by atoms with Crippen LogP contribution in [0.2, 0.25) is 0 Å². The molecule has 3 N–H and O–H groups in total. The Morgan fingerprint density at radius 1 is 1.58 bits per heavy atom. The fourth-order valence-electron chi connectivity index (χ4n) is 1.51. The van der Waals surface area contributed by atoms with Gasteiger partial charge in [0, 0.05) is 18.5 Å². The van der Waals surface area contributed by atoms with Crippen molar-refractivity contribution in [3.63, 3.8) is 0 Å². The summed E-state index contributed by atoms with van der Waals surface area (Å²) in [7, 11) is 5.76. The van der Waals surface area contributed by atoms with E-state index in [1.54, 1.807) is 18.4 Å². The Bertz CT molecular complexity index is 357. The number of aliphatic imine (C=N–C) groups is 1. The number of rotatable bonds is 7. The Hall–Kier alpha value is -0.630. The normalized spacial score (nSPS) is 13.2. The topological polar surface area (TPSA) is 62.9 Å². The number of thiophene rings is 1. The van der Waals surface area contributed by atoms with E-state index in [9.17, 15) is 0 Å². The molecule has 0 fully saturated rings. The number of ether oxygens (including phenoxy) is 1. The van der Waals surface area contributed by atoms with Gasteiger partial charge in [-0.2, -0.15) is 0 Å². The SMILES string of the molecule is Br.COCCNC(N)=NCC(c1cccs1)N(C)C. The fraction of sp³-hybridized carbons (Fsp3) is 0.583. The van der Waals surface area contributed by atoms with Crippen molar-refractivity contribution in [3.05, 3.63) is 22.4 Å². The van der Waals surface area contributed by atoms with Gasteiger partial charge in [-0.25, -0.2) is 0 Å². The second kappa shape index (κ2) is 10.2. The maximum atomic E-state index is 5.78. The predicted molar refractivity (Wildman–Crippen MR) is 87.4 cm³/mol. The first-order valence-corrected chi connectivity index (χ1v) is 6.75. The van der Waals surface area contributed by atoms with Crippen molar-refractivity contribution >= 4 is 34.3 Å². The standard InChI is InChI=1S/C12H22N4OS.BrH/c1-16(2)10(11-5-4-8-18-11)9-15-12(13)14-6-7-17-3;/h4-5,8,10H,6-7,9H2,1-3H3,(H3,13,14,15);1H. The van der Waals surface area contributed by atoms with Crippen LogP contribution in [-0.2, 0) is 4.74 Å². The first kappa shape index (κ1) is 18.4. The molecule has 19 heavy (non-hydrogen) atoms. The number of halogens is 1. The lowest BCUT2D eigenvalue weighted by atomic mass is 10.2. The van der Waals surface area contributed by atoms with Crippen LogP contribution in [0.15, 0.2) is 22.5 Å². The van der Waals surface area contributed by atoms with Crippen molar-refractivity contribution < 1.29 is 4.74 Å². The van der Waals surface area contributed by atoms with Crippen LogP contribution >= 0.6 is 28.3 Å². The van der Waals surface area contributed by atoms with Gasteiger partial charge in [0.1, 0.15) is 0 Å². The van der Waals surface area contributed by atoms with Crippen LogP contribution in [0.25, 0.3) is 0 Å². The van der Waals surface area contributed by atoms with Gasteiger partial charge >= 0.3 is 0 Å². The van der Waals surface area contributed by atoms with E-state index in [1.165, 1.54) is 4.88 Å². The molecule has 7 heteroatoms. The van der Waals surface area contributed by atoms with E-state index >= 15 is 0 Å². The van der Waals surface area contributed by atoms with Crippen molar-refractivity contribution in [2.45, 2.75) is 6.04 Å². The van der Waals surface area contributed by atoms with Crippen LogP contribution in [0, 0.1) is 0 Å². The Morgan fingerprint density at radius 2 is 2.32 bits per heavy atom. The number of likely N-dealkylation sites (N-methyl/N-ethyl adjacent to an activating group) is 1. The first-order chi connectivity index (χ1) is 8.65. The highest BCUT2D eigenvalue weighted by Gasteiger charge is 2.14. The highest BCUT2D eigenvalue weighted by atomic mass is 79.9. The summed E-state index contributed by atoms with van der Waals surface area (Å²) in [5.41, 5.74) is 5.78. The van der Waals surface area contributed by atoms with Crippen molar-refractivity contribution in [1.29, 1.82) is 0 Å². The van der Waals surface area contributed by atoms with E-state index in [1.807, 2.05) is 0 Å². The monoisotopic (exact) mass is 350 g/mol. The zero-order chi connectivity index (χ0) is 13.4. The largest absolute Gasteiger partial charge is 0.383 e. The summed E-state index contributed by atoms with van der Waals surface area (Å²) in [5, 5.41) is 5.09. The Balaban J connectivity index is 0.00000324. The van der Waals surface area contributed by atoms with Crippen molar-refractivity contribution in [2.75, 3.05) is 40.9 Å². The number of guanidine groups is 1. The van der Waals surface area contributed by atoms with Crippen molar-refractivity contribution in [3.8, 4) is 0 Å². The maximum Gasteiger partial charge on any atom is 0.188 e. The van der Waals surface area contributed by atoms with Gasteiger partial charge in [-0.05, 0) is 25.5 Å². The smallest absolute Gasteiger partial charge is 0.188 e. The zero-order valence-electron chi connectivity index (χ0n) is 11.6. The van der Waals surface area contributed by atoms with Crippen LogP contribution in [0.4, 0.5) is 0 Å². The van der Waals surface area contributed by atoms with Gasteiger partial charge in [-0.15, -0.1) is 28.3 Å². The number of hydrogen-bond acceptors (Lipinski definition) is 4. The van der Waals surface area contributed by atoms with Crippen LogP contribution in [-0.4, -0.2) is 51.8 Å². The highest BCUT2D eigenvalue weighted by Crippen LogP contribution is 2.23. The summed E-state index contributed by atoms with van der Waals surface area (Å²) < 4.78 is 4.94. The molecule has 5 nitrogen and oxygen atoms in total. The average Bonchev–Trinajstić information content (AvgIpc) is 2.83. The molecule has 0 aromatic carbocycles. The molecule has 0 bridgehead atoms. The summed E-state index contributed by atoms with van der Waals surface area (Å²) in [6, 6.07) is 4.45. The van der Waals surface area contributed by atoms with Crippen molar-refractivity contribution in [2.24, 2.45) is 10.7 Å². The first-order valence-electron chi connectivity index (χ1n) is 5.87. The third-order valence-electron chi connectivity index (χ3n) is 2.54. The molecule has 1 unspecified atom stereocenters. The third-order valence-corrected chi connectivity index (χ3v) is 3.52. The maximum absolute atomic E-state index is 5.78. The predicted octanol–water partition coefficient (Wildman–Crippen LogP) is 1.48. The lowest BCUT2D eigenvalue weighted by molar-refractivity contribution is 0.204. The van der Waals surface area contributed by atoms with Crippen LogP contribution in [0.5, 0.6) is 0 Å². The Morgan fingerprint density at radius 3 is 2.84 bits per heavy atom. The molecule has 0 aliphatic rings. The summed E-state index contributed by atoms with van der Waals surface area (Å²) in [4.78, 5) is 7.82. The molecule has 0 saturated carbocycles. The molecule has 0 radical (unpaired) electrons. The van der Waals surface area contributed by atoms with Gasteiger partial charge < -0.3 is 20.7 Å². The van der Waals surface area contributed by atoms with Crippen LogP contribution in [0.3, 0.4) is 0 Å². The summed E-state index contributed by atoms with van der Waals surface area (Å²) in [6.45, 7) is 1.95. The molecule has 1 atom stereocenters. The fourth-order valence-corrected chi connectivity index (χ4v) is 2.42. The molecule has 110 valence electrons. The Kier molecular flexibility index (Phi) is 9.85. The number of nitrogens with zero attached hydrogens (tertiary/aromatic N) is 2. The average molecular weight is 351 g/mol. The minimum absolute atomic E-state index is 0. The minimum atomic E-state index is 0. The number of methoxy groups -OCH3 is 1. The second-order valence-electron chi connectivity index (χ2n) is 4.14. The van der Waals surface area contributed by atoms with Gasteiger partial charge in [0.2, 0.25) is 0 Å². The lowest BCUT2D eigenvalue weighted by Crippen LogP contribution is -2.35. The van der Waals surface area contributed by atoms with E-state index in [2.05, 4.69) is 46.8 Å². The van der Waals surface area contributed by atoms with E-state index in [4.69, 9.17) is 10.5 Å².